The van der Waals surface area contributed by atoms with Crippen LogP contribution < -0.4 is 10.6 Å². The van der Waals surface area contributed by atoms with Gasteiger partial charge in [0.25, 0.3) is 0 Å². The van der Waals surface area contributed by atoms with Crippen LogP contribution in [0.15, 0.2) is 22.9 Å². The highest BCUT2D eigenvalue weighted by Crippen LogP contribution is 2.38. The van der Waals surface area contributed by atoms with Crippen LogP contribution in [0.5, 0.6) is 0 Å². The van der Waals surface area contributed by atoms with Crippen molar-refractivity contribution in [1.82, 2.24) is 5.16 Å². The lowest BCUT2D eigenvalue weighted by Crippen LogP contribution is -2.30. The van der Waals surface area contributed by atoms with Crippen LogP contribution in [-0.2, 0) is 0 Å². The molecule has 0 bridgehead atoms. The predicted octanol–water partition coefficient (Wildman–Crippen LogP) is 3.88. The van der Waals surface area contributed by atoms with E-state index in [0.717, 1.165) is 41.4 Å². The van der Waals surface area contributed by atoms with E-state index in [1.165, 1.54) is 19.3 Å². The van der Waals surface area contributed by atoms with Crippen molar-refractivity contribution in [3.8, 4) is 11.1 Å². The third-order valence-corrected chi connectivity index (χ3v) is 4.17. The second-order valence-corrected chi connectivity index (χ2v) is 5.64. The van der Waals surface area contributed by atoms with Gasteiger partial charge in [0.05, 0.1) is 22.6 Å². The minimum atomic E-state index is 0.686. The number of benzene rings is 1. The molecule has 1 saturated heterocycles. The number of aryl methyl sites for hydroxylation is 1. The van der Waals surface area contributed by atoms with Crippen molar-refractivity contribution in [3.63, 3.8) is 0 Å². The van der Waals surface area contributed by atoms with E-state index in [1.807, 2.05) is 19.1 Å². The van der Waals surface area contributed by atoms with Crippen molar-refractivity contribution in [2.24, 2.45) is 0 Å². The van der Waals surface area contributed by atoms with Crippen LogP contribution in [-0.4, -0.2) is 18.2 Å². The van der Waals surface area contributed by atoms with Crippen LogP contribution in [0.3, 0.4) is 0 Å². The van der Waals surface area contributed by atoms with E-state index < -0.39 is 0 Å². The number of nitrogens with zero attached hydrogens (tertiary/aromatic N) is 2. The van der Waals surface area contributed by atoms with Gasteiger partial charge in [-0.1, -0.05) is 16.8 Å². The number of halogens is 1. The Morgan fingerprint density at radius 2 is 1.95 bits per heavy atom. The summed E-state index contributed by atoms with van der Waals surface area (Å²) in [4.78, 5) is 2.31. The summed E-state index contributed by atoms with van der Waals surface area (Å²) in [6.07, 6.45) is 5.39. The maximum absolute atomic E-state index is 6.43. The Morgan fingerprint density at radius 1 is 1.20 bits per heavy atom. The van der Waals surface area contributed by atoms with E-state index >= 15 is 0 Å². The lowest BCUT2D eigenvalue weighted by Gasteiger charge is -2.30. The first kappa shape index (κ1) is 13.3. The fraction of sp³-hybridized carbons (Fsp3) is 0.400. The largest absolute Gasteiger partial charge is 0.397 e. The van der Waals surface area contributed by atoms with Gasteiger partial charge >= 0.3 is 0 Å². The van der Waals surface area contributed by atoms with Crippen LogP contribution in [0.2, 0.25) is 5.02 Å². The van der Waals surface area contributed by atoms with E-state index in [0.29, 0.717) is 5.02 Å². The van der Waals surface area contributed by atoms with Gasteiger partial charge < -0.3 is 15.2 Å². The molecule has 1 aromatic carbocycles. The van der Waals surface area contributed by atoms with E-state index in [1.54, 1.807) is 6.20 Å². The average Bonchev–Trinajstić information content (AvgIpc) is 2.88. The monoisotopic (exact) mass is 291 g/mol. The molecule has 2 N–H and O–H groups in total. The summed E-state index contributed by atoms with van der Waals surface area (Å²) in [5, 5.41) is 4.48. The van der Waals surface area contributed by atoms with Crippen molar-refractivity contribution in [2.75, 3.05) is 23.7 Å². The van der Waals surface area contributed by atoms with Crippen LogP contribution >= 0.6 is 11.6 Å². The molecular formula is C15H18ClN3O. The first-order chi connectivity index (χ1) is 9.66. The number of piperidine rings is 1. The van der Waals surface area contributed by atoms with Crippen molar-refractivity contribution < 1.29 is 4.52 Å². The number of nitrogen functional groups attached to an aromatic ring is 1. The molecule has 1 fully saturated rings. The van der Waals surface area contributed by atoms with Crippen molar-refractivity contribution in [2.45, 2.75) is 26.2 Å². The molecule has 0 spiro atoms. The SMILES string of the molecule is Cc1oncc1-c1cc(N)c(N2CCCCC2)cc1Cl. The summed E-state index contributed by atoms with van der Waals surface area (Å²) in [6, 6.07) is 3.88. The van der Waals surface area contributed by atoms with Gasteiger partial charge in [-0.25, -0.2) is 0 Å². The minimum Gasteiger partial charge on any atom is -0.397 e. The normalized spacial score (nSPS) is 15.6. The number of anilines is 2. The Labute approximate surface area is 123 Å². The fourth-order valence-corrected chi connectivity index (χ4v) is 3.01. The molecule has 5 heteroatoms. The maximum atomic E-state index is 6.43. The predicted molar refractivity (Wildman–Crippen MR) is 82.2 cm³/mol. The van der Waals surface area contributed by atoms with E-state index in [-0.39, 0.29) is 0 Å². The number of aromatic nitrogens is 1. The van der Waals surface area contributed by atoms with Crippen LogP contribution in [0.25, 0.3) is 11.1 Å². The van der Waals surface area contributed by atoms with Crippen molar-refractivity contribution in [3.05, 3.63) is 29.1 Å². The van der Waals surface area contributed by atoms with Gasteiger partial charge in [-0.2, -0.15) is 0 Å². The Kier molecular flexibility index (Phi) is 3.57. The van der Waals surface area contributed by atoms with Gasteiger partial charge in [0, 0.05) is 24.2 Å². The van der Waals surface area contributed by atoms with E-state index in [2.05, 4.69) is 10.1 Å². The molecule has 1 aromatic heterocycles. The summed E-state index contributed by atoms with van der Waals surface area (Å²) >= 11 is 6.43. The second-order valence-electron chi connectivity index (χ2n) is 5.23. The molecule has 1 aliphatic rings. The molecule has 0 radical (unpaired) electrons. The van der Waals surface area contributed by atoms with Crippen LogP contribution in [0.4, 0.5) is 11.4 Å². The third-order valence-electron chi connectivity index (χ3n) is 3.85. The highest BCUT2D eigenvalue weighted by atomic mass is 35.5. The molecule has 106 valence electrons. The van der Waals surface area contributed by atoms with E-state index in [4.69, 9.17) is 21.9 Å². The van der Waals surface area contributed by atoms with Gasteiger partial charge in [0.1, 0.15) is 5.76 Å². The Bertz CT molecular complexity index is 618. The van der Waals surface area contributed by atoms with Gasteiger partial charge in [-0.15, -0.1) is 0 Å². The molecule has 4 nitrogen and oxygen atoms in total. The Morgan fingerprint density at radius 3 is 2.60 bits per heavy atom. The van der Waals surface area contributed by atoms with Gasteiger partial charge in [-0.05, 0) is 38.3 Å². The molecule has 1 aliphatic heterocycles. The van der Waals surface area contributed by atoms with Gasteiger partial charge in [-0.3, -0.25) is 0 Å². The summed E-state index contributed by atoms with van der Waals surface area (Å²) in [6.45, 7) is 3.96. The van der Waals surface area contributed by atoms with E-state index in [9.17, 15) is 0 Å². The highest BCUT2D eigenvalue weighted by Gasteiger charge is 2.17. The molecule has 0 atom stereocenters. The molecule has 20 heavy (non-hydrogen) atoms. The summed E-state index contributed by atoms with van der Waals surface area (Å²) < 4.78 is 5.10. The average molecular weight is 292 g/mol. The van der Waals surface area contributed by atoms with Gasteiger partial charge in [0.15, 0.2) is 0 Å². The molecule has 2 heterocycles. The topological polar surface area (TPSA) is 55.3 Å². The second kappa shape index (κ2) is 5.37. The third kappa shape index (κ3) is 2.36. The maximum Gasteiger partial charge on any atom is 0.141 e. The Hall–Kier alpha value is -1.68. The van der Waals surface area contributed by atoms with Crippen LogP contribution in [0.1, 0.15) is 25.0 Å². The molecule has 0 amide bonds. The zero-order chi connectivity index (χ0) is 14.1. The Balaban J connectivity index is 2.00. The number of hydrogen-bond acceptors (Lipinski definition) is 4. The first-order valence-corrected chi connectivity index (χ1v) is 7.30. The fourth-order valence-electron chi connectivity index (χ4n) is 2.75. The molecule has 2 aromatic rings. The lowest BCUT2D eigenvalue weighted by atomic mass is 10.0. The molecular weight excluding hydrogens is 274 g/mol. The number of nitrogens with two attached hydrogens (primary N) is 1. The highest BCUT2D eigenvalue weighted by molar-refractivity contribution is 6.34. The number of hydrogen-bond donors (Lipinski definition) is 1. The quantitative estimate of drug-likeness (QED) is 0.853. The van der Waals surface area contributed by atoms with Crippen molar-refractivity contribution in [1.29, 1.82) is 0 Å². The molecule has 3 rings (SSSR count). The standard InChI is InChI=1S/C15H18ClN3O/c1-10-12(9-18-20-10)11-7-14(17)15(8-13(11)16)19-5-3-2-4-6-19/h7-9H,2-6,17H2,1H3. The smallest absolute Gasteiger partial charge is 0.141 e. The van der Waals surface area contributed by atoms with Crippen molar-refractivity contribution >= 4 is 23.0 Å². The molecule has 0 aliphatic carbocycles. The summed E-state index contributed by atoms with van der Waals surface area (Å²) in [5.41, 5.74) is 9.79. The zero-order valence-electron chi connectivity index (χ0n) is 11.5. The first-order valence-electron chi connectivity index (χ1n) is 6.92. The summed E-state index contributed by atoms with van der Waals surface area (Å²) in [5.74, 6) is 0.747. The minimum absolute atomic E-state index is 0.686. The zero-order valence-corrected chi connectivity index (χ0v) is 12.3. The van der Waals surface area contributed by atoms with Gasteiger partial charge in [0.2, 0.25) is 0 Å². The molecule has 0 saturated carbocycles. The molecule has 0 unspecified atom stereocenters. The lowest BCUT2D eigenvalue weighted by molar-refractivity contribution is 0.398. The number of rotatable bonds is 2. The summed E-state index contributed by atoms with van der Waals surface area (Å²) in [7, 11) is 0. The van der Waals surface area contributed by atoms with Crippen LogP contribution in [0, 0.1) is 6.92 Å².